The van der Waals surface area contributed by atoms with Gasteiger partial charge in [0.1, 0.15) is 5.82 Å². The van der Waals surface area contributed by atoms with Crippen LogP contribution in [0.3, 0.4) is 0 Å². The van der Waals surface area contributed by atoms with Gasteiger partial charge >= 0.3 is 0 Å². The molecule has 4 rings (SSSR count). The second-order valence-corrected chi connectivity index (χ2v) is 8.59. The number of hydrogen-bond donors (Lipinski definition) is 1. The highest BCUT2D eigenvalue weighted by Gasteiger charge is 2.23. The number of hydrogen-bond acceptors (Lipinski definition) is 2. The van der Waals surface area contributed by atoms with Crippen LogP contribution in [-0.4, -0.2) is 14.8 Å². The van der Waals surface area contributed by atoms with Gasteiger partial charge in [0.15, 0.2) is 0 Å². The predicted octanol–water partition coefficient (Wildman–Crippen LogP) is 6.47. The Kier molecular flexibility index (Phi) is 5.65. The summed E-state index contributed by atoms with van der Waals surface area (Å²) < 4.78 is 15.2. The number of nitrogens with zero attached hydrogens (tertiary/aromatic N) is 2. The topological polar surface area (TPSA) is 29.9 Å². The van der Waals surface area contributed by atoms with Gasteiger partial charge in [-0.25, -0.2) is 4.39 Å². The smallest absolute Gasteiger partial charge is 0.141 e. The molecule has 3 aromatic rings. The molecule has 0 unspecified atom stereocenters. The third kappa shape index (κ3) is 4.20. The minimum Gasteiger partial charge on any atom is -0.350 e. The van der Waals surface area contributed by atoms with E-state index in [2.05, 4.69) is 28.6 Å². The first-order chi connectivity index (χ1) is 13.5. The molecule has 0 radical (unpaired) electrons. The lowest BCUT2D eigenvalue weighted by Crippen LogP contribution is -2.19. The Bertz CT molecular complexity index is 1010. The lowest BCUT2D eigenvalue weighted by Gasteiger charge is -2.29. The van der Waals surface area contributed by atoms with Crippen molar-refractivity contribution in [2.24, 2.45) is 13.0 Å². The molecule has 3 nitrogen and oxygen atoms in total. The molecule has 1 N–H and O–H groups in total. The van der Waals surface area contributed by atoms with Gasteiger partial charge in [0.25, 0.3) is 0 Å². The van der Waals surface area contributed by atoms with Crippen LogP contribution in [0.1, 0.15) is 43.6 Å². The molecule has 146 valence electrons. The van der Waals surface area contributed by atoms with Crippen molar-refractivity contribution < 1.29 is 4.39 Å². The highest BCUT2D eigenvalue weighted by Crippen LogP contribution is 2.38. The van der Waals surface area contributed by atoms with Crippen LogP contribution < -0.4 is 5.32 Å². The summed E-state index contributed by atoms with van der Waals surface area (Å²) in [7, 11) is 1.98. The van der Waals surface area contributed by atoms with E-state index in [1.54, 1.807) is 12.1 Å². The zero-order chi connectivity index (χ0) is 19.7. The molecule has 0 bridgehead atoms. The molecule has 0 spiro atoms. The van der Waals surface area contributed by atoms with Crippen LogP contribution in [0, 0.1) is 11.7 Å². The van der Waals surface area contributed by atoms with Crippen LogP contribution in [0.4, 0.5) is 10.1 Å². The Morgan fingerprint density at radius 3 is 2.75 bits per heavy atom. The van der Waals surface area contributed by atoms with E-state index in [-0.39, 0.29) is 5.02 Å². The second kappa shape index (κ2) is 8.18. The third-order valence-electron chi connectivity index (χ3n) is 5.77. The number of aromatic nitrogens is 2. The zero-order valence-electron chi connectivity index (χ0n) is 15.8. The summed E-state index contributed by atoms with van der Waals surface area (Å²) in [5, 5.41) is 8.85. The van der Waals surface area contributed by atoms with Crippen molar-refractivity contribution in [3.05, 3.63) is 59.0 Å². The summed E-state index contributed by atoms with van der Waals surface area (Å²) in [5.74, 6) is 0.786. The van der Waals surface area contributed by atoms with Gasteiger partial charge in [-0.1, -0.05) is 29.9 Å². The molecule has 2 aromatic carbocycles. The molecule has 1 saturated carbocycles. The fraction of sp³-hybridized carbons (Fsp3) is 0.364. The second-order valence-electron chi connectivity index (χ2n) is 7.69. The standard InChI is InChI=1S/C22H23ClFN3S/c1-27-21-9-6-16(11-17(21)13-25-27)15-4-2-14(3-5-15)10-22(28)26-18-7-8-20(24)19(23)12-18/h6-9,11-15H,2-5,10H2,1H3,(H,26,28). The number of fused-ring (bicyclic) bond motifs is 1. The highest BCUT2D eigenvalue weighted by atomic mass is 35.5. The average molecular weight is 416 g/mol. The highest BCUT2D eigenvalue weighted by molar-refractivity contribution is 7.80. The van der Waals surface area contributed by atoms with Gasteiger partial charge in [-0.15, -0.1) is 0 Å². The van der Waals surface area contributed by atoms with E-state index in [0.29, 0.717) is 11.8 Å². The fourth-order valence-electron chi connectivity index (χ4n) is 4.18. The van der Waals surface area contributed by atoms with Crippen molar-refractivity contribution >= 4 is 45.4 Å². The molecule has 1 aromatic heterocycles. The molecule has 0 atom stereocenters. The van der Waals surface area contributed by atoms with Crippen LogP contribution in [-0.2, 0) is 7.05 Å². The van der Waals surface area contributed by atoms with Gasteiger partial charge in [-0.05, 0) is 73.4 Å². The normalized spacial score (nSPS) is 19.7. The maximum atomic E-state index is 13.3. The molecule has 0 saturated heterocycles. The first kappa shape index (κ1) is 19.3. The first-order valence-electron chi connectivity index (χ1n) is 9.66. The summed E-state index contributed by atoms with van der Waals surface area (Å²) in [6.07, 6.45) is 7.50. The number of benzene rings is 2. The Balaban J connectivity index is 1.31. The number of anilines is 1. The van der Waals surface area contributed by atoms with Gasteiger partial charge in [-0.2, -0.15) is 5.10 Å². The molecule has 1 aliphatic rings. The molecule has 1 heterocycles. The van der Waals surface area contributed by atoms with Crippen molar-refractivity contribution in [3.8, 4) is 0 Å². The molecular weight excluding hydrogens is 393 g/mol. The van der Waals surface area contributed by atoms with Crippen molar-refractivity contribution in [2.45, 2.75) is 38.0 Å². The quantitative estimate of drug-likeness (QED) is 0.495. The minimum absolute atomic E-state index is 0.110. The van der Waals surface area contributed by atoms with Crippen LogP contribution in [0.2, 0.25) is 5.02 Å². The average Bonchev–Trinajstić information content (AvgIpc) is 3.06. The maximum Gasteiger partial charge on any atom is 0.141 e. The SMILES string of the molecule is Cn1ncc2cc(C3CCC(CC(=S)Nc4ccc(F)c(Cl)c4)CC3)ccc21. The molecule has 6 heteroatoms. The van der Waals surface area contributed by atoms with E-state index in [0.717, 1.165) is 17.1 Å². The van der Waals surface area contributed by atoms with E-state index in [4.69, 9.17) is 23.8 Å². The van der Waals surface area contributed by atoms with E-state index in [1.807, 2.05) is 17.9 Å². The number of nitrogens with one attached hydrogen (secondary N) is 1. The number of aryl methyl sites for hydroxylation is 1. The van der Waals surface area contributed by atoms with Crippen molar-refractivity contribution in [1.82, 2.24) is 9.78 Å². The lowest BCUT2D eigenvalue weighted by atomic mass is 9.77. The Labute approximate surface area is 174 Å². The number of halogens is 2. The van der Waals surface area contributed by atoms with Crippen LogP contribution in [0.15, 0.2) is 42.6 Å². The van der Waals surface area contributed by atoms with Crippen LogP contribution in [0.5, 0.6) is 0 Å². The van der Waals surface area contributed by atoms with Crippen molar-refractivity contribution in [1.29, 1.82) is 0 Å². The van der Waals surface area contributed by atoms with E-state index in [1.165, 1.54) is 48.2 Å². The van der Waals surface area contributed by atoms with Gasteiger partial charge in [0.2, 0.25) is 0 Å². The first-order valence-corrected chi connectivity index (χ1v) is 10.4. The molecule has 1 fully saturated rings. The summed E-state index contributed by atoms with van der Waals surface area (Å²) in [6.45, 7) is 0. The Morgan fingerprint density at radius 1 is 1.21 bits per heavy atom. The van der Waals surface area contributed by atoms with Gasteiger partial charge in [0.05, 0.1) is 21.7 Å². The monoisotopic (exact) mass is 415 g/mol. The molecule has 28 heavy (non-hydrogen) atoms. The summed E-state index contributed by atoms with van der Waals surface area (Å²) in [5.41, 5.74) is 3.34. The number of thiocarbonyl (C=S) groups is 1. The summed E-state index contributed by atoms with van der Waals surface area (Å²) >= 11 is 11.4. The summed E-state index contributed by atoms with van der Waals surface area (Å²) in [6, 6.07) is 11.3. The largest absolute Gasteiger partial charge is 0.350 e. The zero-order valence-corrected chi connectivity index (χ0v) is 17.4. The molecule has 0 aliphatic heterocycles. The van der Waals surface area contributed by atoms with Crippen LogP contribution in [0.25, 0.3) is 10.9 Å². The molecule has 1 aliphatic carbocycles. The number of rotatable bonds is 4. The molecular formula is C22H23ClFN3S. The fourth-order valence-corrected chi connectivity index (χ4v) is 4.72. The van der Waals surface area contributed by atoms with Gasteiger partial charge in [-0.3, -0.25) is 4.68 Å². The third-order valence-corrected chi connectivity index (χ3v) is 6.32. The van der Waals surface area contributed by atoms with Crippen LogP contribution >= 0.6 is 23.8 Å². The maximum absolute atomic E-state index is 13.3. The molecule has 0 amide bonds. The van der Waals surface area contributed by atoms with Crippen molar-refractivity contribution in [2.75, 3.05) is 5.32 Å². The van der Waals surface area contributed by atoms with Crippen molar-refractivity contribution in [3.63, 3.8) is 0 Å². The van der Waals surface area contributed by atoms with Gasteiger partial charge in [0, 0.05) is 24.5 Å². The van der Waals surface area contributed by atoms with Gasteiger partial charge < -0.3 is 5.32 Å². The summed E-state index contributed by atoms with van der Waals surface area (Å²) in [4.78, 5) is 0.794. The Morgan fingerprint density at radius 2 is 2.00 bits per heavy atom. The van der Waals surface area contributed by atoms with E-state index in [9.17, 15) is 4.39 Å². The van der Waals surface area contributed by atoms with E-state index >= 15 is 0 Å². The minimum atomic E-state index is -0.416. The lowest BCUT2D eigenvalue weighted by molar-refractivity contribution is 0.335. The Hall–Kier alpha value is -1.98. The van der Waals surface area contributed by atoms with E-state index < -0.39 is 5.82 Å². The predicted molar refractivity (Wildman–Crippen MR) is 118 cm³/mol.